The fourth-order valence-electron chi connectivity index (χ4n) is 4.90. The summed E-state index contributed by atoms with van der Waals surface area (Å²) >= 11 is 1.16. The van der Waals surface area contributed by atoms with Crippen LogP contribution in [0.15, 0.2) is 79.1 Å². The number of hydrogen-bond acceptors (Lipinski definition) is 7. The SMILES string of the molecule is NC1(c2ccc(-c3nc4ccn5c(-c6cnsn6)nnc5c4cc3-c3ccccc3)cc2)CCC1. The normalized spacial score (nSPS) is 14.9. The Morgan fingerprint density at radius 1 is 0.914 bits per heavy atom. The lowest BCUT2D eigenvalue weighted by molar-refractivity contribution is 0.253. The molecule has 6 aromatic rings. The van der Waals surface area contributed by atoms with E-state index in [4.69, 9.17) is 10.7 Å². The molecule has 0 unspecified atom stereocenters. The Bertz CT molecular complexity index is 1670. The summed E-state index contributed by atoms with van der Waals surface area (Å²) < 4.78 is 10.4. The number of rotatable bonds is 4. The van der Waals surface area contributed by atoms with E-state index in [-0.39, 0.29) is 5.54 Å². The third kappa shape index (κ3) is 3.25. The minimum Gasteiger partial charge on any atom is -0.321 e. The van der Waals surface area contributed by atoms with Gasteiger partial charge in [-0.25, -0.2) is 4.98 Å². The van der Waals surface area contributed by atoms with E-state index < -0.39 is 0 Å². The number of benzene rings is 2. The maximum Gasteiger partial charge on any atom is 0.189 e. The third-order valence-electron chi connectivity index (χ3n) is 7.02. The fraction of sp³-hybridized carbons (Fsp3) is 0.148. The first kappa shape index (κ1) is 20.4. The van der Waals surface area contributed by atoms with Gasteiger partial charge in [0.15, 0.2) is 11.5 Å². The van der Waals surface area contributed by atoms with Crippen molar-refractivity contribution in [2.75, 3.05) is 0 Å². The summed E-state index contributed by atoms with van der Waals surface area (Å²) in [5.74, 6) is 0.670. The number of hydrogen-bond donors (Lipinski definition) is 1. The molecule has 1 aliphatic carbocycles. The van der Waals surface area contributed by atoms with Crippen LogP contribution in [0.5, 0.6) is 0 Å². The van der Waals surface area contributed by atoms with Crippen molar-refractivity contribution < 1.29 is 0 Å². The van der Waals surface area contributed by atoms with Crippen molar-refractivity contribution in [3.8, 4) is 33.9 Å². The van der Waals surface area contributed by atoms with E-state index >= 15 is 0 Å². The topological polar surface area (TPSA) is 94.9 Å². The van der Waals surface area contributed by atoms with E-state index in [1.165, 1.54) is 12.0 Å². The first-order valence-corrected chi connectivity index (χ1v) is 12.3. The van der Waals surface area contributed by atoms with E-state index in [1.807, 2.05) is 34.9 Å². The lowest BCUT2D eigenvalue weighted by Crippen LogP contribution is -2.43. The minimum absolute atomic E-state index is 0.179. The molecule has 2 N–H and O–H groups in total. The molecule has 0 bridgehead atoms. The van der Waals surface area contributed by atoms with Crippen LogP contribution in [0.2, 0.25) is 0 Å². The van der Waals surface area contributed by atoms with Crippen molar-refractivity contribution in [2.24, 2.45) is 5.73 Å². The molecule has 4 heterocycles. The predicted molar refractivity (Wildman–Crippen MR) is 138 cm³/mol. The van der Waals surface area contributed by atoms with Crippen LogP contribution in [-0.2, 0) is 5.54 Å². The van der Waals surface area contributed by atoms with Gasteiger partial charge in [0.2, 0.25) is 0 Å². The summed E-state index contributed by atoms with van der Waals surface area (Å²) in [5, 5.41) is 9.82. The van der Waals surface area contributed by atoms with Gasteiger partial charge >= 0.3 is 0 Å². The Labute approximate surface area is 205 Å². The van der Waals surface area contributed by atoms with Crippen LogP contribution in [0.4, 0.5) is 0 Å². The maximum atomic E-state index is 6.56. The van der Waals surface area contributed by atoms with Gasteiger partial charge < -0.3 is 5.73 Å². The molecule has 0 radical (unpaired) electrons. The summed E-state index contributed by atoms with van der Waals surface area (Å²) in [7, 11) is 0. The van der Waals surface area contributed by atoms with E-state index in [9.17, 15) is 0 Å². The van der Waals surface area contributed by atoms with E-state index in [2.05, 4.69) is 61.4 Å². The Morgan fingerprint density at radius 2 is 1.74 bits per heavy atom. The van der Waals surface area contributed by atoms with Gasteiger partial charge in [-0.1, -0.05) is 54.6 Å². The molecule has 0 spiro atoms. The van der Waals surface area contributed by atoms with Crippen molar-refractivity contribution >= 4 is 28.3 Å². The lowest BCUT2D eigenvalue weighted by atomic mass is 9.72. The summed E-state index contributed by atoms with van der Waals surface area (Å²) in [4.78, 5) is 5.13. The molecule has 0 saturated heterocycles. The Hall–Kier alpha value is -4.01. The van der Waals surface area contributed by atoms with Crippen LogP contribution in [0.1, 0.15) is 24.8 Å². The van der Waals surface area contributed by atoms with Gasteiger partial charge in [0.05, 0.1) is 29.1 Å². The molecule has 1 aliphatic rings. The fourth-order valence-corrected chi connectivity index (χ4v) is 5.31. The monoisotopic (exact) mass is 475 g/mol. The van der Waals surface area contributed by atoms with Crippen molar-refractivity contribution in [1.82, 2.24) is 28.3 Å². The number of fused-ring (bicyclic) bond motifs is 3. The third-order valence-corrected chi connectivity index (χ3v) is 7.50. The number of nitrogens with two attached hydrogens (primary N) is 1. The van der Waals surface area contributed by atoms with Crippen LogP contribution in [0.25, 0.3) is 50.5 Å². The van der Waals surface area contributed by atoms with Crippen LogP contribution in [0.3, 0.4) is 0 Å². The number of aromatic nitrogens is 6. The van der Waals surface area contributed by atoms with Crippen molar-refractivity contribution in [3.05, 3.63) is 84.7 Å². The van der Waals surface area contributed by atoms with Gasteiger partial charge in [0, 0.05) is 28.2 Å². The molecule has 2 aromatic carbocycles. The van der Waals surface area contributed by atoms with Gasteiger partial charge in [-0.05, 0) is 42.5 Å². The second kappa shape index (κ2) is 7.76. The van der Waals surface area contributed by atoms with Gasteiger partial charge in [0.25, 0.3) is 0 Å². The zero-order valence-electron chi connectivity index (χ0n) is 18.8. The van der Waals surface area contributed by atoms with E-state index in [0.717, 1.165) is 63.5 Å². The molecule has 1 fully saturated rings. The second-order valence-electron chi connectivity index (χ2n) is 9.10. The minimum atomic E-state index is -0.179. The van der Waals surface area contributed by atoms with Crippen molar-refractivity contribution in [1.29, 1.82) is 0 Å². The van der Waals surface area contributed by atoms with E-state index in [0.29, 0.717) is 11.5 Å². The zero-order chi connectivity index (χ0) is 23.4. The Kier molecular flexibility index (Phi) is 4.52. The highest BCUT2D eigenvalue weighted by molar-refractivity contribution is 6.99. The van der Waals surface area contributed by atoms with Crippen LogP contribution in [-0.4, -0.2) is 28.3 Å². The standard InChI is InChI=1S/C27H21N7S/c28-27(12-4-13-27)19-9-7-18(8-10-19)24-20(17-5-2-1-3-6-17)15-21-22(30-24)11-14-34-25(21)31-32-26(34)23-16-29-35-33-23/h1-3,5-11,14-16H,4,12-13,28H2. The number of nitrogens with zero attached hydrogens (tertiary/aromatic N) is 6. The first-order chi connectivity index (χ1) is 17.2. The molecule has 0 amide bonds. The van der Waals surface area contributed by atoms with Crippen molar-refractivity contribution in [2.45, 2.75) is 24.8 Å². The highest BCUT2D eigenvalue weighted by atomic mass is 32.1. The summed E-state index contributed by atoms with van der Waals surface area (Å²) in [6.45, 7) is 0. The van der Waals surface area contributed by atoms with Crippen LogP contribution < -0.4 is 5.73 Å². The Balaban J connectivity index is 1.43. The Morgan fingerprint density at radius 3 is 2.46 bits per heavy atom. The largest absolute Gasteiger partial charge is 0.321 e. The average molecular weight is 476 g/mol. The molecular weight excluding hydrogens is 454 g/mol. The predicted octanol–water partition coefficient (Wildman–Crippen LogP) is 5.47. The highest BCUT2D eigenvalue weighted by Crippen LogP contribution is 2.40. The first-order valence-electron chi connectivity index (χ1n) is 11.6. The molecule has 7 rings (SSSR count). The van der Waals surface area contributed by atoms with Gasteiger partial charge in [0.1, 0.15) is 5.69 Å². The molecule has 0 atom stereocenters. The second-order valence-corrected chi connectivity index (χ2v) is 9.65. The molecule has 8 heteroatoms. The summed E-state index contributed by atoms with van der Waals surface area (Å²) in [5.41, 5.74) is 14.0. The molecule has 4 aromatic heterocycles. The summed E-state index contributed by atoms with van der Waals surface area (Å²) in [6, 6.07) is 23.1. The van der Waals surface area contributed by atoms with Crippen LogP contribution >= 0.6 is 11.7 Å². The average Bonchev–Trinajstić information content (AvgIpc) is 3.57. The van der Waals surface area contributed by atoms with Crippen LogP contribution in [0, 0.1) is 0 Å². The van der Waals surface area contributed by atoms with Gasteiger partial charge in [-0.2, -0.15) is 8.75 Å². The molecule has 7 nitrogen and oxygen atoms in total. The maximum absolute atomic E-state index is 6.56. The molecular formula is C27H21N7S. The zero-order valence-corrected chi connectivity index (χ0v) is 19.6. The molecule has 35 heavy (non-hydrogen) atoms. The summed E-state index contributed by atoms with van der Waals surface area (Å²) in [6.07, 6.45) is 6.94. The number of pyridine rings is 2. The molecule has 1 saturated carbocycles. The van der Waals surface area contributed by atoms with E-state index in [1.54, 1.807) is 6.20 Å². The highest BCUT2D eigenvalue weighted by Gasteiger charge is 2.34. The van der Waals surface area contributed by atoms with Gasteiger partial charge in [-0.15, -0.1) is 10.2 Å². The van der Waals surface area contributed by atoms with Gasteiger partial charge in [-0.3, -0.25) is 4.40 Å². The molecule has 0 aliphatic heterocycles. The van der Waals surface area contributed by atoms with Crippen molar-refractivity contribution in [3.63, 3.8) is 0 Å². The quantitative estimate of drug-likeness (QED) is 0.363. The smallest absolute Gasteiger partial charge is 0.189 e. The lowest BCUT2D eigenvalue weighted by Gasteiger charge is -2.38. The molecule has 170 valence electrons.